The second-order valence-electron chi connectivity index (χ2n) is 8.00. The molecule has 0 amide bonds. The van der Waals surface area contributed by atoms with Crippen LogP contribution in [0.3, 0.4) is 0 Å². The van der Waals surface area contributed by atoms with E-state index in [2.05, 4.69) is 0 Å². The Morgan fingerprint density at radius 1 is 0.393 bits per heavy atom. The van der Waals surface area contributed by atoms with Crippen LogP contribution in [-0.4, -0.2) is 10.2 Å². The van der Waals surface area contributed by atoms with E-state index in [-0.39, 0.29) is 0 Å². The highest BCUT2D eigenvalue weighted by atomic mass is 16.3. The number of hydrogen-bond donors (Lipinski definition) is 2. The van der Waals surface area contributed by atoms with Crippen LogP contribution in [-0.2, 0) is 12.8 Å². The summed E-state index contributed by atoms with van der Waals surface area (Å²) in [7, 11) is 0. The Labute approximate surface area is 171 Å². The lowest BCUT2D eigenvalue weighted by atomic mass is 10.0. The zero-order chi connectivity index (χ0) is 19.9. The molecule has 0 spiro atoms. The second kappa shape index (κ2) is 14.1. The van der Waals surface area contributed by atoms with E-state index in [4.69, 9.17) is 0 Å². The summed E-state index contributed by atoms with van der Waals surface area (Å²) in [6.45, 7) is 0. The molecule has 0 aliphatic carbocycles. The molecule has 2 aromatic carbocycles. The third-order valence-corrected chi connectivity index (χ3v) is 5.63. The number of hydrogen-bond acceptors (Lipinski definition) is 2. The molecule has 0 aliphatic heterocycles. The molecule has 154 valence electrons. The van der Waals surface area contributed by atoms with E-state index in [1.165, 1.54) is 77.0 Å². The van der Waals surface area contributed by atoms with Gasteiger partial charge in [0.05, 0.1) is 0 Å². The van der Waals surface area contributed by atoms with Gasteiger partial charge < -0.3 is 10.2 Å². The summed E-state index contributed by atoms with van der Waals surface area (Å²) in [4.78, 5) is 0. The van der Waals surface area contributed by atoms with Crippen LogP contribution in [0.1, 0.15) is 88.2 Å². The number of para-hydroxylation sites is 2. The van der Waals surface area contributed by atoms with Gasteiger partial charge in [0.1, 0.15) is 11.5 Å². The van der Waals surface area contributed by atoms with Crippen molar-refractivity contribution in [2.45, 2.75) is 89.9 Å². The molecule has 0 radical (unpaired) electrons. The average Bonchev–Trinajstić information content (AvgIpc) is 2.71. The highest BCUT2D eigenvalue weighted by molar-refractivity contribution is 5.32. The first-order chi connectivity index (χ1) is 13.8. The third-order valence-electron chi connectivity index (χ3n) is 5.63. The molecule has 0 saturated heterocycles. The van der Waals surface area contributed by atoms with Gasteiger partial charge in [-0.3, -0.25) is 0 Å². The van der Waals surface area contributed by atoms with Crippen molar-refractivity contribution in [3.8, 4) is 11.5 Å². The molecule has 2 nitrogen and oxygen atoms in total. The van der Waals surface area contributed by atoms with Gasteiger partial charge >= 0.3 is 0 Å². The predicted octanol–water partition coefficient (Wildman–Crippen LogP) is 7.56. The van der Waals surface area contributed by atoms with Gasteiger partial charge in [0.15, 0.2) is 0 Å². The minimum absolute atomic E-state index is 0.445. The normalized spacial score (nSPS) is 11.0. The van der Waals surface area contributed by atoms with E-state index < -0.39 is 0 Å². The fourth-order valence-electron chi connectivity index (χ4n) is 3.84. The molecule has 2 rings (SSSR count). The Balaban J connectivity index is 1.33. The van der Waals surface area contributed by atoms with Gasteiger partial charge in [0.25, 0.3) is 0 Å². The van der Waals surface area contributed by atoms with E-state index >= 15 is 0 Å². The van der Waals surface area contributed by atoms with Gasteiger partial charge in [-0.05, 0) is 48.9 Å². The summed E-state index contributed by atoms with van der Waals surface area (Å²) in [6.07, 6.45) is 17.7. The fourth-order valence-corrected chi connectivity index (χ4v) is 3.84. The van der Waals surface area contributed by atoms with Crippen LogP contribution in [0.5, 0.6) is 11.5 Å². The number of aryl methyl sites for hydroxylation is 2. The van der Waals surface area contributed by atoms with Gasteiger partial charge in [-0.2, -0.15) is 0 Å². The van der Waals surface area contributed by atoms with Crippen molar-refractivity contribution >= 4 is 0 Å². The van der Waals surface area contributed by atoms with E-state index in [0.717, 1.165) is 24.0 Å². The van der Waals surface area contributed by atoms with Crippen molar-refractivity contribution in [2.24, 2.45) is 0 Å². The third kappa shape index (κ3) is 9.30. The van der Waals surface area contributed by atoms with Gasteiger partial charge in [0.2, 0.25) is 0 Å². The maximum absolute atomic E-state index is 9.75. The number of rotatable bonds is 15. The molecular weight excluding hydrogens is 344 g/mol. The lowest BCUT2D eigenvalue weighted by Crippen LogP contribution is -1.88. The first kappa shape index (κ1) is 22.3. The largest absolute Gasteiger partial charge is 0.508 e. The average molecular weight is 383 g/mol. The van der Waals surface area contributed by atoms with Crippen LogP contribution in [0.2, 0.25) is 0 Å². The summed E-state index contributed by atoms with van der Waals surface area (Å²) >= 11 is 0. The Hall–Kier alpha value is -1.96. The molecule has 2 heteroatoms. The smallest absolute Gasteiger partial charge is 0.118 e. The lowest BCUT2D eigenvalue weighted by molar-refractivity contribution is 0.465. The number of phenols is 2. The Kier molecular flexibility index (Phi) is 11.2. The summed E-state index contributed by atoms with van der Waals surface area (Å²) in [5, 5.41) is 19.5. The minimum Gasteiger partial charge on any atom is -0.508 e. The van der Waals surface area contributed by atoms with E-state index in [1.807, 2.05) is 36.4 Å². The molecule has 0 atom stereocenters. The topological polar surface area (TPSA) is 40.5 Å². The predicted molar refractivity (Wildman–Crippen MR) is 119 cm³/mol. The van der Waals surface area contributed by atoms with Crippen molar-refractivity contribution < 1.29 is 10.2 Å². The molecule has 28 heavy (non-hydrogen) atoms. The first-order valence-electron chi connectivity index (χ1n) is 11.3. The molecule has 0 aromatic heterocycles. The monoisotopic (exact) mass is 382 g/mol. The molecule has 2 N–H and O–H groups in total. The van der Waals surface area contributed by atoms with Crippen molar-refractivity contribution in [3.63, 3.8) is 0 Å². The van der Waals surface area contributed by atoms with Crippen LogP contribution in [0, 0.1) is 0 Å². The molecule has 0 fully saturated rings. The number of benzene rings is 2. The number of unbranched alkanes of at least 4 members (excludes halogenated alkanes) is 11. The molecule has 0 saturated carbocycles. The van der Waals surface area contributed by atoms with Crippen LogP contribution >= 0.6 is 0 Å². The Morgan fingerprint density at radius 3 is 1.00 bits per heavy atom. The van der Waals surface area contributed by atoms with E-state index in [0.29, 0.717) is 11.5 Å². The van der Waals surface area contributed by atoms with Crippen molar-refractivity contribution in [1.82, 2.24) is 0 Å². The van der Waals surface area contributed by atoms with Crippen LogP contribution < -0.4 is 0 Å². The first-order valence-corrected chi connectivity index (χ1v) is 11.3. The molecule has 0 aliphatic rings. The summed E-state index contributed by atoms with van der Waals surface area (Å²) in [5.41, 5.74) is 2.17. The quantitative estimate of drug-likeness (QED) is 0.312. The lowest BCUT2D eigenvalue weighted by Gasteiger charge is -2.05. The van der Waals surface area contributed by atoms with Gasteiger partial charge in [-0.1, -0.05) is 101 Å². The zero-order valence-electron chi connectivity index (χ0n) is 17.4. The molecular formula is C26H38O2. The summed E-state index contributed by atoms with van der Waals surface area (Å²) in [6, 6.07) is 15.4. The van der Waals surface area contributed by atoms with E-state index in [9.17, 15) is 10.2 Å². The minimum atomic E-state index is 0.445. The highest BCUT2D eigenvalue weighted by Crippen LogP contribution is 2.20. The Morgan fingerprint density at radius 2 is 0.679 bits per heavy atom. The van der Waals surface area contributed by atoms with E-state index in [1.54, 1.807) is 12.1 Å². The number of phenolic OH excluding ortho intramolecular Hbond substituents is 2. The molecule has 0 bridgehead atoms. The second-order valence-corrected chi connectivity index (χ2v) is 8.00. The summed E-state index contributed by atoms with van der Waals surface area (Å²) < 4.78 is 0. The highest BCUT2D eigenvalue weighted by Gasteiger charge is 2.00. The van der Waals surface area contributed by atoms with Gasteiger partial charge in [-0.25, -0.2) is 0 Å². The zero-order valence-corrected chi connectivity index (χ0v) is 17.4. The van der Waals surface area contributed by atoms with Crippen molar-refractivity contribution in [1.29, 1.82) is 0 Å². The summed E-state index contributed by atoms with van der Waals surface area (Å²) in [5.74, 6) is 0.890. The molecule has 2 aromatic rings. The molecule has 0 unspecified atom stereocenters. The van der Waals surface area contributed by atoms with Crippen LogP contribution in [0.4, 0.5) is 0 Å². The maximum atomic E-state index is 9.75. The standard InChI is InChI=1S/C26H38O2/c27-25-21-15-13-19-23(25)17-11-9-7-5-3-1-2-4-6-8-10-12-18-24-20-14-16-22-26(24)28/h13-16,19-22,27-28H,1-12,17-18H2. The SMILES string of the molecule is Oc1ccccc1CCCCCCCCCCCCCCc1ccccc1O. The maximum Gasteiger partial charge on any atom is 0.118 e. The van der Waals surface area contributed by atoms with Crippen molar-refractivity contribution in [3.05, 3.63) is 59.7 Å². The van der Waals surface area contributed by atoms with Gasteiger partial charge in [0, 0.05) is 0 Å². The van der Waals surface area contributed by atoms with Crippen molar-refractivity contribution in [2.75, 3.05) is 0 Å². The van der Waals surface area contributed by atoms with Crippen LogP contribution in [0.15, 0.2) is 48.5 Å². The number of aromatic hydroxyl groups is 2. The van der Waals surface area contributed by atoms with Gasteiger partial charge in [-0.15, -0.1) is 0 Å². The van der Waals surface area contributed by atoms with Crippen LogP contribution in [0.25, 0.3) is 0 Å². The fraction of sp³-hybridized carbons (Fsp3) is 0.538. The Bertz CT molecular complexity index is 593. The molecule has 0 heterocycles.